The molecule has 0 aliphatic heterocycles. The quantitative estimate of drug-likeness (QED) is 0.855. The third kappa shape index (κ3) is 2.42. The molecule has 0 amide bonds. The Balaban J connectivity index is 2.58. The van der Waals surface area contributed by atoms with Crippen molar-refractivity contribution in [1.29, 1.82) is 0 Å². The van der Waals surface area contributed by atoms with Crippen molar-refractivity contribution < 1.29 is 4.39 Å². The van der Waals surface area contributed by atoms with Gasteiger partial charge < -0.3 is 0 Å². The Kier molecular flexibility index (Phi) is 3.64. The molecule has 0 saturated carbocycles. The molecule has 0 radical (unpaired) electrons. The predicted octanol–water partition coefficient (Wildman–Crippen LogP) is 3.67. The van der Waals surface area contributed by atoms with Crippen LogP contribution in [-0.4, -0.2) is 14.8 Å². The molecular formula is C11H10Cl2FN3. The summed E-state index contributed by atoms with van der Waals surface area (Å²) in [6, 6.07) is 4.28. The summed E-state index contributed by atoms with van der Waals surface area (Å²) < 4.78 is 15.2. The molecule has 0 bridgehead atoms. The van der Waals surface area contributed by atoms with Crippen molar-refractivity contribution in [1.82, 2.24) is 14.8 Å². The molecule has 1 aromatic heterocycles. The van der Waals surface area contributed by atoms with Gasteiger partial charge in [0.1, 0.15) is 11.6 Å². The van der Waals surface area contributed by atoms with E-state index in [9.17, 15) is 4.39 Å². The standard InChI is InChI=1S/C11H10Cl2FN3/c1-2-3-10-15-16-11(13)17(10)9-6-7(12)4-5-8(9)14/h4-6H,2-3H2,1H3. The molecule has 2 aromatic rings. The van der Waals surface area contributed by atoms with Gasteiger partial charge in [0.05, 0.1) is 5.69 Å². The van der Waals surface area contributed by atoms with Crippen LogP contribution in [0, 0.1) is 5.82 Å². The predicted molar refractivity (Wildman–Crippen MR) is 65.3 cm³/mol. The second-order valence-electron chi connectivity index (χ2n) is 3.57. The molecule has 1 heterocycles. The van der Waals surface area contributed by atoms with Gasteiger partial charge in [0, 0.05) is 11.4 Å². The van der Waals surface area contributed by atoms with E-state index >= 15 is 0 Å². The number of benzene rings is 1. The lowest BCUT2D eigenvalue weighted by Crippen LogP contribution is -2.03. The fourth-order valence-electron chi connectivity index (χ4n) is 1.58. The van der Waals surface area contributed by atoms with Crippen LogP contribution in [0.25, 0.3) is 5.69 Å². The Hall–Kier alpha value is -1.13. The molecule has 3 nitrogen and oxygen atoms in total. The lowest BCUT2D eigenvalue weighted by Gasteiger charge is -2.08. The monoisotopic (exact) mass is 273 g/mol. The smallest absolute Gasteiger partial charge is 0.229 e. The third-order valence-corrected chi connectivity index (χ3v) is 2.79. The van der Waals surface area contributed by atoms with Crippen molar-refractivity contribution in [2.24, 2.45) is 0 Å². The number of hydrogen-bond acceptors (Lipinski definition) is 2. The summed E-state index contributed by atoms with van der Waals surface area (Å²) in [6.07, 6.45) is 1.54. The van der Waals surface area contributed by atoms with Crippen molar-refractivity contribution in [3.05, 3.63) is 40.1 Å². The van der Waals surface area contributed by atoms with E-state index in [1.165, 1.54) is 22.8 Å². The van der Waals surface area contributed by atoms with Gasteiger partial charge in [0.2, 0.25) is 5.28 Å². The number of rotatable bonds is 3. The van der Waals surface area contributed by atoms with Gasteiger partial charge in [-0.05, 0) is 36.2 Å². The zero-order valence-electron chi connectivity index (χ0n) is 9.12. The van der Waals surface area contributed by atoms with E-state index in [4.69, 9.17) is 23.2 Å². The maximum atomic E-state index is 13.7. The van der Waals surface area contributed by atoms with Crippen LogP contribution in [0.2, 0.25) is 10.3 Å². The highest BCUT2D eigenvalue weighted by Gasteiger charge is 2.15. The van der Waals surface area contributed by atoms with E-state index in [0.717, 1.165) is 6.42 Å². The Labute approximate surface area is 108 Å². The topological polar surface area (TPSA) is 30.7 Å². The van der Waals surface area contributed by atoms with Crippen LogP contribution in [0.4, 0.5) is 4.39 Å². The molecule has 90 valence electrons. The molecule has 0 atom stereocenters. The van der Waals surface area contributed by atoms with E-state index in [0.29, 0.717) is 17.3 Å². The van der Waals surface area contributed by atoms with Crippen LogP contribution < -0.4 is 0 Å². The Morgan fingerprint density at radius 2 is 2.06 bits per heavy atom. The zero-order valence-corrected chi connectivity index (χ0v) is 10.6. The Morgan fingerprint density at radius 1 is 1.29 bits per heavy atom. The van der Waals surface area contributed by atoms with E-state index in [1.54, 1.807) is 0 Å². The lowest BCUT2D eigenvalue weighted by atomic mass is 10.2. The maximum Gasteiger partial charge on any atom is 0.229 e. The van der Waals surface area contributed by atoms with E-state index < -0.39 is 5.82 Å². The van der Waals surface area contributed by atoms with Crippen molar-refractivity contribution in [2.75, 3.05) is 0 Å². The number of aromatic nitrogens is 3. The molecule has 0 saturated heterocycles. The normalized spacial score (nSPS) is 10.8. The molecule has 6 heteroatoms. The second kappa shape index (κ2) is 5.02. The minimum Gasteiger partial charge on any atom is -0.267 e. The highest BCUT2D eigenvalue weighted by Crippen LogP contribution is 2.23. The van der Waals surface area contributed by atoms with Crippen LogP contribution in [0.15, 0.2) is 18.2 Å². The maximum absolute atomic E-state index is 13.7. The van der Waals surface area contributed by atoms with Gasteiger partial charge >= 0.3 is 0 Å². The molecule has 0 aliphatic carbocycles. The summed E-state index contributed by atoms with van der Waals surface area (Å²) in [6.45, 7) is 2.00. The summed E-state index contributed by atoms with van der Waals surface area (Å²) in [5, 5.41) is 8.25. The van der Waals surface area contributed by atoms with Crippen LogP contribution in [0.5, 0.6) is 0 Å². The van der Waals surface area contributed by atoms with Gasteiger partial charge in [0.15, 0.2) is 0 Å². The first-order chi connectivity index (χ1) is 8.13. The SMILES string of the molecule is CCCc1nnc(Cl)n1-c1cc(Cl)ccc1F. The summed E-state index contributed by atoms with van der Waals surface area (Å²) in [5.41, 5.74) is 0.274. The van der Waals surface area contributed by atoms with Crippen molar-refractivity contribution in [3.8, 4) is 5.69 Å². The molecule has 0 fully saturated rings. The average Bonchev–Trinajstić information content (AvgIpc) is 2.64. The summed E-state index contributed by atoms with van der Waals surface area (Å²) in [4.78, 5) is 0. The summed E-state index contributed by atoms with van der Waals surface area (Å²) in [7, 11) is 0. The van der Waals surface area contributed by atoms with Crippen LogP contribution in [-0.2, 0) is 6.42 Å². The molecule has 1 aromatic carbocycles. The molecule has 2 rings (SSSR count). The van der Waals surface area contributed by atoms with Gasteiger partial charge in [-0.2, -0.15) is 0 Å². The van der Waals surface area contributed by atoms with Gasteiger partial charge in [-0.1, -0.05) is 18.5 Å². The number of nitrogens with zero attached hydrogens (tertiary/aromatic N) is 3. The van der Waals surface area contributed by atoms with Gasteiger partial charge in [-0.15, -0.1) is 10.2 Å². The Bertz CT molecular complexity index is 540. The minimum atomic E-state index is -0.409. The van der Waals surface area contributed by atoms with Crippen molar-refractivity contribution in [3.63, 3.8) is 0 Å². The van der Waals surface area contributed by atoms with Crippen LogP contribution in [0.1, 0.15) is 19.2 Å². The van der Waals surface area contributed by atoms with Crippen LogP contribution in [0.3, 0.4) is 0 Å². The first kappa shape index (κ1) is 12.3. The van der Waals surface area contributed by atoms with E-state index in [2.05, 4.69) is 10.2 Å². The number of aryl methyl sites for hydroxylation is 1. The number of halogens is 3. The number of hydrogen-bond donors (Lipinski definition) is 0. The van der Waals surface area contributed by atoms with Gasteiger partial charge in [-0.25, -0.2) is 4.39 Å². The summed E-state index contributed by atoms with van der Waals surface area (Å²) in [5.74, 6) is 0.215. The fraction of sp³-hybridized carbons (Fsp3) is 0.273. The molecule has 17 heavy (non-hydrogen) atoms. The lowest BCUT2D eigenvalue weighted by molar-refractivity contribution is 0.614. The first-order valence-electron chi connectivity index (χ1n) is 5.18. The minimum absolute atomic E-state index is 0.134. The third-order valence-electron chi connectivity index (χ3n) is 2.31. The highest BCUT2D eigenvalue weighted by atomic mass is 35.5. The van der Waals surface area contributed by atoms with Gasteiger partial charge in [0.25, 0.3) is 0 Å². The fourth-order valence-corrected chi connectivity index (χ4v) is 1.97. The van der Waals surface area contributed by atoms with Crippen molar-refractivity contribution in [2.45, 2.75) is 19.8 Å². The average molecular weight is 274 g/mol. The second-order valence-corrected chi connectivity index (χ2v) is 4.34. The Morgan fingerprint density at radius 3 is 2.76 bits per heavy atom. The molecule has 0 unspecified atom stereocenters. The zero-order chi connectivity index (χ0) is 12.4. The van der Waals surface area contributed by atoms with E-state index in [1.807, 2.05) is 6.92 Å². The molecule has 0 aliphatic rings. The van der Waals surface area contributed by atoms with E-state index in [-0.39, 0.29) is 11.0 Å². The molecular weight excluding hydrogens is 264 g/mol. The van der Waals surface area contributed by atoms with Crippen LogP contribution >= 0.6 is 23.2 Å². The largest absolute Gasteiger partial charge is 0.267 e. The van der Waals surface area contributed by atoms with Crippen molar-refractivity contribution >= 4 is 23.2 Å². The highest BCUT2D eigenvalue weighted by molar-refractivity contribution is 6.31. The summed E-state index contributed by atoms with van der Waals surface area (Å²) >= 11 is 11.8. The molecule has 0 N–H and O–H groups in total. The molecule has 0 spiro atoms. The first-order valence-corrected chi connectivity index (χ1v) is 5.94. The van der Waals surface area contributed by atoms with Gasteiger partial charge in [-0.3, -0.25) is 4.57 Å².